The van der Waals surface area contributed by atoms with Crippen LogP contribution in [0.5, 0.6) is 0 Å². The summed E-state index contributed by atoms with van der Waals surface area (Å²) in [4.78, 5) is 23.9. The van der Waals surface area contributed by atoms with Gasteiger partial charge in [0, 0.05) is 19.0 Å². The minimum absolute atomic E-state index is 0.0548. The van der Waals surface area contributed by atoms with Crippen LogP contribution in [0.4, 0.5) is 4.79 Å². The van der Waals surface area contributed by atoms with E-state index < -0.39 is 17.7 Å². The highest BCUT2D eigenvalue weighted by atomic mass is 16.6. The lowest BCUT2D eigenvalue weighted by atomic mass is 10.0. The summed E-state index contributed by atoms with van der Waals surface area (Å²) in [6, 6.07) is 8.52. The van der Waals surface area contributed by atoms with Crippen molar-refractivity contribution in [3.8, 4) is 6.07 Å². The molecule has 1 aromatic carbocycles. The summed E-state index contributed by atoms with van der Waals surface area (Å²) < 4.78 is 5.24. The molecule has 0 aromatic heterocycles. The number of aliphatic hydroxyl groups excluding tert-OH is 1. The Morgan fingerprint density at radius 1 is 1.28 bits per heavy atom. The molecule has 1 atom stereocenters. The average molecular weight is 347 g/mol. The topological polar surface area (TPSA) is 111 Å². The van der Waals surface area contributed by atoms with Crippen LogP contribution in [0.25, 0.3) is 0 Å². The number of carbonyl (C=O) groups is 2. The molecule has 2 amide bonds. The fourth-order valence-corrected chi connectivity index (χ4v) is 2.14. The summed E-state index contributed by atoms with van der Waals surface area (Å²) >= 11 is 0. The molecule has 0 aliphatic heterocycles. The molecular formula is C18H25N3O4. The first kappa shape index (κ1) is 20.5. The van der Waals surface area contributed by atoms with Crippen LogP contribution < -0.4 is 10.6 Å². The van der Waals surface area contributed by atoms with Crippen molar-refractivity contribution in [3.05, 3.63) is 35.4 Å². The van der Waals surface area contributed by atoms with Crippen LogP contribution in [0.2, 0.25) is 0 Å². The Morgan fingerprint density at radius 3 is 2.44 bits per heavy atom. The van der Waals surface area contributed by atoms with Crippen molar-refractivity contribution in [1.29, 1.82) is 5.26 Å². The zero-order chi connectivity index (χ0) is 18.9. The predicted molar refractivity (Wildman–Crippen MR) is 92.7 cm³/mol. The Balaban J connectivity index is 2.76. The van der Waals surface area contributed by atoms with Crippen molar-refractivity contribution in [3.63, 3.8) is 0 Å². The normalized spacial score (nSPS) is 12.0. The van der Waals surface area contributed by atoms with Crippen LogP contribution in [0.15, 0.2) is 24.3 Å². The molecular weight excluding hydrogens is 322 g/mol. The van der Waals surface area contributed by atoms with Crippen molar-refractivity contribution < 1.29 is 19.4 Å². The number of ether oxygens (including phenoxy) is 1. The van der Waals surface area contributed by atoms with E-state index in [1.807, 2.05) is 6.07 Å². The van der Waals surface area contributed by atoms with Crippen LogP contribution in [-0.2, 0) is 16.0 Å². The Hall–Kier alpha value is -2.59. The zero-order valence-corrected chi connectivity index (χ0v) is 14.8. The summed E-state index contributed by atoms with van der Waals surface area (Å²) in [5.41, 5.74) is 0.790. The van der Waals surface area contributed by atoms with E-state index in [1.54, 1.807) is 45.0 Å². The molecule has 1 aromatic rings. The number of nitrogens with zero attached hydrogens (tertiary/aromatic N) is 1. The van der Waals surface area contributed by atoms with Gasteiger partial charge in [-0.05, 0) is 44.9 Å². The molecule has 0 saturated heterocycles. The average Bonchev–Trinajstić information content (AvgIpc) is 2.51. The van der Waals surface area contributed by atoms with E-state index in [1.165, 1.54) is 0 Å². The van der Waals surface area contributed by atoms with Crippen molar-refractivity contribution in [2.24, 2.45) is 0 Å². The van der Waals surface area contributed by atoms with Gasteiger partial charge < -0.3 is 20.5 Å². The summed E-state index contributed by atoms with van der Waals surface area (Å²) in [5.74, 6) is -0.274. The van der Waals surface area contributed by atoms with Crippen molar-refractivity contribution in [1.82, 2.24) is 10.6 Å². The van der Waals surface area contributed by atoms with Crippen molar-refractivity contribution in [2.45, 2.75) is 45.3 Å². The van der Waals surface area contributed by atoms with Gasteiger partial charge in [-0.1, -0.05) is 12.1 Å². The van der Waals surface area contributed by atoms with E-state index in [4.69, 9.17) is 15.1 Å². The van der Waals surface area contributed by atoms with Crippen LogP contribution in [0.1, 0.15) is 38.3 Å². The lowest BCUT2D eigenvalue weighted by molar-refractivity contribution is -0.121. The molecule has 0 bridgehead atoms. The minimum atomic E-state index is -0.637. The number of carbonyl (C=O) groups excluding carboxylic acids is 2. The van der Waals surface area contributed by atoms with Crippen LogP contribution in [-0.4, -0.2) is 41.9 Å². The minimum Gasteiger partial charge on any atom is -0.444 e. The van der Waals surface area contributed by atoms with Gasteiger partial charge in [-0.25, -0.2) is 4.79 Å². The molecule has 0 fully saturated rings. The third kappa shape index (κ3) is 8.72. The third-order valence-electron chi connectivity index (χ3n) is 3.15. The number of rotatable bonds is 7. The highest BCUT2D eigenvalue weighted by Crippen LogP contribution is 2.11. The van der Waals surface area contributed by atoms with Crippen LogP contribution >= 0.6 is 0 Å². The molecule has 7 nitrogen and oxygen atoms in total. The second-order valence-electron chi connectivity index (χ2n) is 6.63. The Labute approximate surface area is 148 Å². The molecule has 136 valence electrons. The summed E-state index contributed by atoms with van der Waals surface area (Å²) in [6.07, 6.45) is -0.127. The highest BCUT2D eigenvalue weighted by Gasteiger charge is 2.21. The maximum atomic E-state index is 12.0. The fourth-order valence-electron chi connectivity index (χ4n) is 2.14. The maximum absolute atomic E-state index is 12.0. The lowest BCUT2D eigenvalue weighted by Gasteiger charge is -2.23. The van der Waals surface area contributed by atoms with Crippen molar-refractivity contribution in [2.75, 3.05) is 13.2 Å². The van der Waals surface area contributed by atoms with Gasteiger partial charge in [-0.2, -0.15) is 5.26 Å². The van der Waals surface area contributed by atoms with Gasteiger partial charge in [0.05, 0.1) is 18.2 Å². The smallest absolute Gasteiger partial charge is 0.407 e. The first-order valence-corrected chi connectivity index (χ1v) is 8.09. The van der Waals surface area contributed by atoms with Gasteiger partial charge in [0.2, 0.25) is 5.91 Å². The van der Waals surface area contributed by atoms with E-state index in [9.17, 15) is 9.59 Å². The van der Waals surface area contributed by atoms with E-state index >= 15 is 0 Å². The number of aliphatic hydroxyl groups is 1. The van der Waals surface area contributed by atoms with E-state index in [0.717, 1.165) is 5.56 Å². The molecule has 7 heteroatoms. The van der Waals surface area contributed by atoms with Gasteiger partial charge in [0.1, 0.15) is 5.60 Å². The molecule has 0 saturated carbocycles. The Kier molecular flexibility index (Phi) is 7.89. The number of hydrogen-bond acceptors (Lipinski definition) is 5. The fraction of sp³-hybridized carbons (Fsp3) is 0.500. The quantitative estimate of drug-likeness (QED) is 0.692. The number of amides is 2. The SMILES string of the molecule is CC(C)(C)OC(=O)N[C@@H](CC(=O)NCCO)Cc1ccc(C#N)cc1. The molecule has 0 heterocycles. The second-order valence-corrected chi connectivity index (χ2v) is 6.63. The summed E-state index contributed by atoms with van der Waals surface area (Å²) in [6.45, 7) is 5.29. The number of benzene rings is 1. The Morgan fingerprint density at radius 2 is 1.92 bits per heavy atom. The summed E-state index contributed by atoms with van der Waals surface area (Å²) in [5, 5.41) is 22.9. The second kappa shape index (κ2) is 9.64. The predicted octanol–water partition coefficient (Wildman–Crippen LogP) is 1.49. The molecule has 0 aliphatic rings. The number of hydrogen-bond donors (Lipinski definition) is 3. The van der Waals surface area contributed by atoms with E-state index in [2.05, 4.69) is 10.6 Å². The van der Waals surface area contributed by atoms with Gasteiger partial charge in [-0.3, -0.25) is 4.79 Å². The van der Waals surface area contributed by atoms with Crippen LogP contribution in [0, 0.1) is 11.3 Å². The van der Waals surface area contributed by atoms with Crippen LogP contribution in [0.3, 0.4) is 0 Å². The van der Waals surface area contributed by atoms with Crippen molar-refractivity contribution >= 4 is 12.0 Å². The lowest BCUT2D eigenvalue weighted by Crippen LogP contribution is -2.43. The molecule has 0 spiro atoms. The molecule has 1 rings (SSSR count). The Bertz CT molecular complexity index is 615. The number of nitrogens with one attached hydrogen (secondary N) is 2. The van der Waals surface area contributed by atoms with Gasteiger partial charge in [-0.15, -0.1) is 0 Å². The molecule has 3 N–H and O–H groups in total. The van der Waals surface area contributed by atoms with Gasteiger partial charge in [0.15, 0.2) is 0 Å². The monoisotopic (exact) mass is 347 g/mol. The zero-order valence-electron chi connectivity index (χ0n) is 14.8. The molecule has 0 unspecified atom stereocenters. The van der Waals surface area contributed by atoms with E-state index in [0.29, 0.717) is 12.0 Å². The number of nitriles is 1. The summed E-state index contributed by atoms with van der Waals surface area (Å²) in [7, 11) is 0. The molecule has 0 aliphatic carbocycles. The van der Waals surface area contributed by atoms with E-state index in [-0.39, 0.29) is 25.5 Å². The molecule has 0 radical (unpaired) electrons. The first-order chi connectivity index (χ1) is 11.7. The largest absolute Gasteiger partial charge is 0.444 e. The molecule has 25 heavy (non-hydrogen) atoms. The van der Waals surface area contributed by atoms with Gasteiger partial charge in [0.25, 0.3) is 0 Å². The third-order valence-corrected chi connectivity index (χ3v) is 3.15. The first-order valence-electron chi connectivity index (χ1n) is 8.09. The highest BCUT2D eigenvalue weighted by molar-refractivity contribution is 5.77. The maximum Gasteiger partial charge on any atom is 0.407 e. The number of alkyl carbamates (subject to hydrolysis) is 1. The van der Waals surface area contributed by atoms with Gasteiger partial charge >= 0.3 is 6.09 Å². The standard InChI is InChI=1S/C18H25N3O4/c1-18(2,3)25-17(24)21-15(11-16(23)20-8-9-22)10-13-4-6-14(12-19)7-5-13/h4-7,15,22H,8-11H2,1-3H3,(H,20,23)(H,21,24)/t15-/m1/s1.